The van der Waals surface area contributed by atoms with E-state index in [4.69, 9.17) is 8.83 Å². The second-order valence-corrected chi connectivity index (χ2v) is 6.03. The number of fused-ring (bicyclic) bond motifs is 1. The molecule has 0 saturated carbocycles. The number of hydrogen-bond donors (Lipinski definition) is 3. The van der Waals surface area contributed by atoms with Gasteiger partial charge < -0.3 is 19.3 Å². The largest absolute Gasteiger partial charge is 0.508 e. The van der Waals surface area contributed by atoms with Gasteiger partial charge in [0.25, 0.3) is 0 Å². The van der Waals surface area contributed by atoms with Crippen molar-refractivity contribution < 1.29 is 18.7 Å². The molecule has 0 aliphatic carbocycles. The summed E-state index contributed by atoms with van der Waals surface area (Å²) in [7, 11) is 0. The normalized spacial score (nSPS) is 12.3. The average Bonchev–Trinajstić information content (AvgIpc) is 3.41. The van der Waals surface area contributed by atoms with Crippen LogP contribution in [0.25, 0.3) is 10.8 Å². The van der Waals surface area contributed by atoms with Crippen LogP contribution in [-0.2, 0) is 0 Å². The van der Waals surface area contributed by atoms with Crippen molar-refractivity contribution in [2.75, 3.05) is 0 Å². The van der Waals surface area contributed by atoms with Gasteiger partial charge in [-0.1, -0.05) is 30.3 Å². The fourth-order valence-electron chi connectivity index (χ4n) is 3.01. The number of furan rings is 2. The van der Waals surface area contributed by atoms with Crippen molar-refractivity contribution in [3.63, 3.8) is 0 Å². The summed E-state index contributed by atoms with van der Waals surface area (Å²) in [6.07, 6.45) is 4.41. The molecule has 3 N–H and O–H groups in total. The molecule has 0 bridgehead atoms. The molecule has 4 rings (SSSR count). The summed E-state index contributed by atoms with van der Waals surface area (Å²) >= 11 is 0. The molecule has 7 heteroatoms. The summed E-state index contributed by atoms with van der Waals surface area (Å²) in [6.45, 7) is 0. The number of carbonyl (C=O) groups is 1. The summed E-state index contributed by atoms with van der Waals surface area (Å²) < 4.78 is 10.6. The van der Waals surface area contributed by atoms with E-state index in [0.29, 0.717) is 17.1 Å². The molecule has 140 valence electrons. The van der Waals surface area contributed by atoms with Gasteiger partial charge in [-0.2, -0.15) is 5.10 Å². The second-order valence-electron chi connectivity index (χ2n) is 6.03. The first-order chi connectivity index (χ1) is 13.7. The molecule has 2 heterocycles. The molecule has 1 unspecified atom stereocenters. The maximum atomic E-state index is 12.4. The first-order valence-corrected chi connectivity index (χ1v) is 8.59. The Bertz CT molecular complexity index is 1100. The number of benzene rings is 2. The van der Waals surface area contributed by atoms with Gasteiger partial charge in [-0.15, -0.1) is 0 Å². The van der Waals surface area contributed by atoms with Crippen LogP contribution in [0, 0.1) is 0 Å². The standard InChI is InChI=1S/C21H17N3O4/c25-17-10-9-14-5-1-2-7-16(14)19(17)20(18-8-4-12-28-18)23-21(26)24-22-13-15-6-3-11-27-15/h1-13,20,25H,(H2,23,24,26)/b22-13+. The predicted octanol–water partition coefficient (Wildman–Crippen LogP) is 4.15. The fraction of sp³-hybridized carbons (Fsp3) is 0.0476. The van der Waals surface area contributed by atoms with E-state index in [1.54, 1.807) is 30.3 Å². The number of rotatable bonds is 5. The predicted molar refractivity (Wildman–Crippen MR) is 104 cm³/mol. The highest BCUT2D eigenvalue weighted by Gasteiger charge is 2.24. The zero-order valence-corrected chi connectivity index (χ0v) is 14.7. The van der Waals surface area contributed by atoms with Gasteiger partial charge in [0, 0.05) is 5.56 Å². The first-order valence-electron chi connectivity index (χ1n) is 8.59. The Balaban J connectivity index is 1.64. The molecule has 0 aliphatic heterocycles. The third-order valence-electron chi connectivity index (χ3n) is 4.24. The van der Waals surface area contributed by atoms with Crippen molar-refractivity contribution >= 4 is 23.0 Å². The van der Waals surface area contributed by atoms with E-state index in [2.05, 4.69) is 15.8 Å². The lowest BCUT2D eigenvalue weighted by molar-refractivity contribution is 0.237. The van der Waals surface area contributed by atoms with Gasteiger partial charge in [-0.25, -0.2) is 10.2 Å². The Labute approximate surface area is 160 Å². The Kier molecular flexibility index (Phi) is 4.79. The zero-order chi connectivity index (χ0) is 19.3. The molecule has 4 aromatic rings. The number of nitrogens with zero attached hydrogens (tertiary/aromatic N) is 1. The molecule has 28 heavy (non-hydrogen) atoms. The van der Waals surface area contributed by atoms with E-state index >= 15 is 0 Å². The highest BCUT2D eigenvalue weighted by molar-refractivity contribution is 5.89. The lowest BCUT2D eigenvalue weighted by Gasteiger charge is -2.20. The summed E-state index contributed by atoms with van der Waals surface area (Å²) in [5.41, 5.74) is 2.93. The molecular formula is C21H17N3O4. The molecule has 7 nitrogen and oxygen atoms in total. The Morgan fingerprint density at radius 2 is 1.82 bits per heavy atom. The van der Waals surface area contributed by atoms with Crippen LogP contribution in [-0.4, -0.2) is 17.4 Å². The molecule has 0 saturated heterocycles. The molecule has 0 radical (unpaired) electrons. The van der Waals surface area contributed by atoms with Crippen molar-refractivity contribution in [1.82, 2.24) is 10.7 Å². The lowest BCUT2D eigenvalue weighted by atomic mass is 9.96. The molecule has 2 aromatic carbocycles. The Morgan fingerprint density at radius 3 is 2.61 bits per heavy atom. The van der Waals surface area contributed by atoms with E-state index in [0.717, 1.165) is 10.8 Å². The molecule has 0 fully saturated rings. The van der Waals surface area contributed by atoms with Gasteiger partial charge >= 0.3 is 6.03 Å². The van der Waals surface area contributed by atoms with Crippen molar-refractivity contribution in [2.24, 2.45) is 5.10 Å². The maximum absolute atomic E-state index is 12.4. The SMILES string of the molecule is O=C(N/N=C/c1ccco1)NC(c1ccco1)c1c(O)ccc2ccccc12. The number of hydrogen-bond acceptors (Lipinski definition) is 5. The monoisotopic (exact) mass is 375 g/mol. The second kappa shape index (κ2) is 7.71. The Hall–Kier alpha value is -4.00. The van der Waals surface area contributed by atoms with E-state index < -0.39 is 12.1 Å². The number of carbonyl (C=O) groups excluding carboxylic acids is 1. The third-order valence-corrected chi connectivity index (χ3v) is 4.24. The number of aromatic hydroxyl groups is 1. The van der Waals surface area contributed by atoms with Crippen LogP contribution < -0.4 is 10.7 Å². The van der Waals surface area contributed by atoms with Gasteiger partial charge in [0.1, 0.15) is 23.3 Å². The van der Waals surface area contributed by atoms with Crippen LogP contribution in [0.1, 0.15) is 23.1 Å². The van der Waals surface area contributed by atoms with Crippen molar-refractivity contribution in [1.29, 1.82) is 0 Å². The quantitative estimate of drug-likeness (QED) is 0.360. The van der Waals surface area contributed by atoms with Crippen LogP contribution in [0.4, 0.5) is 4.79 Å². The number of phenols is 1. The van der Waals surface area contributed by atoms with Gasteiger partial charge in [-0.05, 0) is 41.1 Å². The molecule has 0 spiro atoms. The summed E-state index contributed by atoms with van der Waals surface area (Å²) in [4.78, 5) is 12.4. The van der Waals surface area contributed by atoms with Crippen LogP contribution in [0.5, 0.6) is 5.75 Å². The summed E-state index contributed by atoms with van der Waals surface area (Å²) in [5.74, 6) is 1.05. The molecular weight excluding hydrogens is 358 g/mol. The molecule has 0 aliphatic rings. The summed E-state index contributed by atoms with van der Waals surface area (Å²) in [5, 5.41) is 18.9. The third kappa shape index (κ3) is 3.59. The van der Waals surface area contributed by atoms with Gasteiger partial charge in [0.15, 0.2) is 0 Å². The number of amides is 2. The van der Waals surface area contributed by atoms with E-state index in [-0.39, 0.29) is 5.75 Å². The van der Waals surface area contributed by atoms with Crippen molar-refractivity contribution in [3.8, 4) is 5.75 Å². The minimum absolute atomic E-state index is 0.0551. The summed E-state index contributed by atoms with van der Waals surface area (Å²) in [6, 6.07) is 16.6. The van der Waals surface area contributed by atoms with Crippen molar-refractivity contribution in [2.45, 2.75) is 6.04 Å². The van der Waals surface area contributed by atoms with Crippen LogP contribution in [0.2, 0.25) is 0 Å². The highest BCUT2D eigenvalue weighted by Crippen LogP contribution is 2.35. The number of phenolic OH excluding ortho intramolecular Hbond substituents is 1. The minimum atomic E-state index is -0.708. The number of urea groups is 1. The smallest absolute Gasteiger partial charge is 0.336 e. The molecule has 2 aromatic heterocycles. The minimum Gasteiger partial charge on any atom is -0.508 e. The Morgan fingerprint density at radius 1 is 1.00 bits per heavy atom. The fourth-order valence-corrected chi connectivity index (χ4v) is 3.01. The average molecular weight is 375 g/mol. The molecule has 2 amide bonds. The number of hydrazone groups is 1. The maximum Gasteiger partial charge on any atom is 0.336 e. The number of nitrogens with one attached hydrogen (secondary N) is 2. The van der Waals surface area contributed by atoms with Crippen LogP contribution in [0.15, 0.2) is 87.1 Å². The molecule has 1 atom stereocenters. The van der Waals surface area contributed by atoms with Crippen LogP contribution >= 0.6 is 0 Å². The van der Waals surface area contributed by atoms with E-state index in [1.807, 2.05) is 30.3 Å². The first kappa shape index (κ1) is 17.4. The van der Waals surface area contributed by atoms with Gasteiger partial charge in [-0.3, -0.25) is 0 Å². The van der Waals surface area contributed by atoms with Gasteiger partial charge in [0.05, 0.1) is 18.7 Å². The topological polar surface area (TPSA) is 100 Å². The van der Waals surface area contributed by atoms with Crippen LogP contribution in [0.3, 0.4) is 0 Å². The highest BCUT2D eigenvalue weighted by atomic mass is 16.3. The lowest BCUT2D eigenvalue weighted by Crippen LogP contribution is -2.36. The zero-order valence-electron chi connectivity index (χ0n) is 14.7. The van der Waals surface area contributed by atoms with Gasteiger partial charge in [0.2, 0.25) is 0 Å². The van der Waals surface area contributed by atoms with E-state index in [1.165, 1.54) is 18.7 Å². The van der Waals surface area contributed by atoms with Crippen molar-refractivity contribution in [3.05, 3.63) is 90.3 Å². The van der Waals surface area contributed by atoms with E-state index in [9.17, 15) is 9.90 Å².